The molecule has 0 aliphatic heterocycles. The topological polar surface area (TPSA) is 121 Å². The van der Waals surface area contributed by atoms with Crippen molar-refractivity contribution in [1.29, 1.82) is 0 Å². The van der Waals surface area contributed by atoms with Crippen molar-refractivity contribution in [1.82, 2.24) is 5.43 Å². The number of amides is 1. The monoisotopic (exact) mass is 380 g/mol. The van der Waals surface area contributed by atoms with E-state index in [1.807, 2.05) is 0 Å². The number of benzene rings is 2. The lowest BCUT2D eigenvalue weighted by Crippen LogP contribution is -2.17. The number of carbonyl (C=O) groups excluding carboxylic acids is 1. The molecule has 3 N–H and O–H groups in total. The van der Waals surface area contributed by atoms with Crippen molar-refractivity contribution in [2.75, 3.05) is 7.11 Å². The fourth-order valence-corrected chi connectivity index (χ4v) is 2.40. The Labute approximate surface area is 159 Å². The van der Waals surface area contributed by atoms with Crippen molar-refractivity contribution < 1.29 is 29.0 Å². The van der Waals surface area contributed by atoms with Crippen molar-refractivity contribution in [3.05, 3.63) is 71.5 Å². The highest BCUT2D eigenvalue weighted by Crippen LogP contribution is 2.23. The van der Waals surface area contributed by atoms with Crippen molar-refractivity contribution in [2.45, 2.75) is 0 Å². The van der Waals surface area contributed by atoms with E-state index in [0.717, 1.165) is 0 Å². The number of aromatic hydroxyl groups is 1. The van der Waals surface area contributed by atoms with Gasteiger partial charge in [-0.15, -0.1) is 0 Å². The minimum Gasteiger partial charge on any atom is -0.507 e. The van der Waals surface area contributed by atoms with E-state index in [1.165, 1.54) is 37.6 Å². The molecule has 2 aromatic carbocycles. The van der Waals surface area contributed by atoms with E-state index in [9.17, 15) is 14.7 Å². The van der Waals surface area contributed by atoms with Gasteiger partial charge >= 0.3 is 5.97 Å². The zero-order chi connectivity index (χ0) is 20.1. The number of rotatable bonds is 6. The number of hydrazone groups is 1. The Morgan fingerprint density at radius 3 is 2.50 bits per heavy atom. The molecule has 0 saturated heterocycles. The summed E-state index contributed by atoms with van der Waals surface area (Å²) in [5, 5.41) is 22.6. The molecule has 0 spiro atoms. The van der Waals surface area contributed by atoms with Gasteiger partial charge in [-0.05, 0) is 36.4 Å². The molecule has 3 aromatic rings. The fraction of sp³-hybridized carbons (Fsp3) is 0.0500. The molecule has 8 heteroatoms. The molecule has 1 heterocycles. The number of hydrogen-bond acceptors (Lipinski definition) is 6. The summed E-state index contributed by atoms with van der Waals surface area (Å²) >= 11 is 0. The SMILES string of the molecule is COc1ccc(C(=O)N/N=C\c2ccc(-c3ccc(C(=O)O)cc3)o2)c(O)c1. The standard InChI is InChI=1S/C20H16N2O6/c1-27-14-6-8-16(17(23)10-14)19(24)22-21-11-15-7-9-18(28-15)12-2-4-13(5-3-12)20(25)26/h2-11,23H,1H3,(H,22,24)(H,25,26)/b21-11-. The molecule has 0 radical (unpaired) electrons. The Balaban J connectivity index is 1.65. The molecule has 0 atom stereocenters. The van der Waals surface area contributed by atoms with Crippen molar-refractivity contribution >= 4 is 18.1 Å². The molecule has 0 aliphatic carbocycles. The van der Waals surface area contributed by atoms with Gasteiger partial charge < -0.3 is 19.4 Å². The van der Waals surface area contributed by atoms with E-state index in [-0.39, 0.29) is 16.9 Å². The predicted molar refractivity (Wildman–Crippen MR) is 101 cm³/mol. The number of nitrogens with one attached hydrogen (secondary N) is 1. The first kappa shape index (κ1) is 18.7. The second-order valence-corrected chi connectivity index (χ2v) is 5.67. The normalized spacial score (nSPS) is 10.8. The van der Waals surface area contributed by atoms with Crippen molar-refractivity contribution in [2.24, 2.45) is 5.10 Å². The van der Waals surface area contributed by atoms with E-state index in [0.29, 0.717) is 22.8 Å². The number of carboxylic acids is 1. The lowest BCUT2D eigenvalue weighted by molar-refractivity contribution is 0.0696. The van der Waals surface area contributed by atoms with Crippen LogP contribution in [-0.4, -0.2) is 35.4 Å². The number of carbonyl (C=O) groups is 2. The summed E-state index contributed by atoms with van der Waals surface area (Å²) < 4.78 is 10.6. The summed E-state index contributed by atoms with van der Waals surface area (Å²) in [5.41, 5.74) is 3.24. The first-order valence-electron chi connectivity index (χ1n) is 8.12. The van der Waals surface area contributed by atoms with E-state index in [2.05, 4.69) is 10.5 Å². The number of phenols is 1. The summed E-state index contributed by atoms with van der Waals surface area (Å²) in [7, 11) is 1.46. The summed E-state index contributed by atoms with van der Waals surface area (Å²) in [6.45, 7) is 0. The maximum atomic E-state index is 12.1. The van der Waals surface area contributed by atoms with Crippen LogP contribution in [0.25, 0.3) is 11.3 Å². The van der Waals surface area contributed by atoms with E-state index in [1.54, 1.807) is 30.3 Å². The molecule has 8 nitrogen and oxygen atoms in total. The Hall–Kier alpha value is -4.07. The number of aromatic carboxylic acids is 1. The Bertz CT molecular complexity index is 1040. The highest BCUT2D eigenvalue weighted by Gasteiger charge is 2.11. The lowest BCUT2D eigenvalue weighted by atomic mass is 10.1. The highest BCUT2D eigenvalue weighted by molar-refractivity contribution is 5.97. The van der Waals surface area contributed by atoms with Crippen LogP contribution in [-0.2, 0) is 0 Å². The van der Waals surface area contributed by atoms with Gasteiger partial charge in [-0.25, -0.2) is 10.2 Å². The van der Waals surface area contributed by atoms with Gasteiger partial charge in [0, 0.05) is 11.6 Å². The van der Waals surface area contributed by atoms with Crippen LogP contribution in [0.5, 0.6) is 11.5 Å². The van der Waals surface area contributed by atoms with Gasteiger partial charge in [0.2, 0.25) is 0 Å². The second kappa shape index (κ2) is 8.09. The third-order valence-corrected chi connectivity index (χ3v) is 3.85. The van der Waals surface area contributed by atoms with Gasteiger partial charge in [-0.2, -0.15) is 5.10 Å². The lowest BCUT2D eigenvalue weighted by Gasteiger charge is -2.05. The Morgan fingerprint density at radius 1 is 1.11 bits per heavy atom. The molecular formula is C20H16N2O6. The van der Waals surface area contributed by atoms with Crippen molar-refractivity contribution in [3.8, 4) is 22.8 Å². The zero-order valence-corrected chi connectivity index (χ0v) is 14.7. The number of methoxy groups -OCH3 is 1. The average molecular weight is 380 g/mol. The van der Waals surface area contributed by atoms with Gasteiger partial charge in [0.05, 0.1) is 24.5 Å². The van der Waals surface area contributed by atoms with E-state index < -0.39 is 11.9 Å². The first-order valence-corrected chi connectivity index (χ1v) is 8.12. The van der Waals surface area contributed by atoms with Crippen LogP contribution in [0.4, 0.5) is 0 Å². The van der Waals surface area contributed by atoms with Crippen LogP contribution in [0.1, 0.15) is 26.5 Å². The summed E-state index contributed by atoms with van der Waals surface area (Å²) in [5.74, 6) is -0.479. The molecule has 0 fully saturated rings. The Morgan fingerprint density at radius 2 is 1.86 bits per heavy atom. The molecule has 0 saturated carbocycles. The molecule has 1 amide bonds. The maximum Gasteiger partial charge on any atom is 0.335 e. The molecular weight excluding hydrogens is 364 g/mol. The number of carboxylic acid groups (broad SMARTS) is 1. The molecule has 3 rings (SSSR count). The Kier molecular flexibility index (Phi) is 5.40. The molecule has 0 unspecified atom stereocenters. The predicted octanol–water partition coefficient (Wildman–Crippen LogP) is 3.12. The van der Waals surface area contributed by atoms with E-state index in [4.69, 9.17) is 14.3 Å². The van der Waals surface area contributed by atoms with Crippen LogP contribution >= 0.6 is 0 Å². The van der Waals surface area contributed by atoms with Gasteiger partial charge in [-0.3, -0.25) is 4.79 Å². The minimum absolute atomic E-state index is 0.0524. The smallest absolute Gasteiger partial charge is 0.335 e. The molecule has 0 aliphatic rings. The maximum absolute atomic E-state index is 12.1. The number of ether oxygens (including phenoxy) is 1. The minimum atomic E-state index is -1.00. The van der Waals surface area contributed by atoms with E-state index >= 15 is 0 Å². The summed E-state index contributed by atoms with van der Waals surface area (Å²) in [4.78, 5) is 22.9. The zero-order valence-electron chi connectivity index (χ0n) is 14.7. The molecule has 1 aromatic heterocycles. The molecule has 142 valence electrons. The van der Waals surface area contributed by atoms with Crippen LogP contribution in [0, 0.1) is 0 Å². The largest absolute Gasteiger partial charge is 0.507 e. The summed E-state index contributed by atoms with van der Waals surface area (Å²) in [6.07, 6.45) is 1.31. The van der Waals surface area contributed by atoms with Gasteiger partial charge in [0.15, 0.2) is 0 Å². The van der Waals surface area contributed by atoms with Gasteiger partial charge in [0.1, 0.15) is 23.0 Å². The van der Waals surface area contributed by atoms with Gasteiger partial charge in [-0.1, -0.05) is 12.1 Å². The number of hydrogen-bond donors (Lipinski definition) is 3. The van der Waals surface area contributed by atoms with Crippen molar-refractivity contribution in [3.63, 3.8) is 0 Å². The van der Waals surface area contributed by atoms with Crippen LogP contribution < -0.4 is 10.2 Å². The third-order valence-electron chi connectivity index (χ3n) is 3.85. The third kappa shape index (κ3) is 4.18. The van der Waals surface area contributed by atoms with Crippen LogP contribution in [0.3, 0.4) is 0 Å². The highest BCUT2D eigenvalue weighted by atomic mass is 16.5. The van der Waals surface area contributed by atoms with Gasteiger partial charge in [0.25, 0.3) is 5.91 Å². The first-order chi connectivity index (χ1) is 13.5. The average Bonchev–Trinajstić information content (AvgIpc) is 3.16. The fourth-order valence-electron chi connectivity index (χ4n) is 2.40. The number of phenolic OH excluding ortho intramolecular Hbond substituents is 1. The van der Waals surface area contributed by atoms with Crippen LogP contribution in [0.15, 0.2) is 64.1 Å². The summed E-state index contributed by atoms with van der Waals surface area (Å²) in [6, 6.07) is 13.9. The second-order valence-electron chi connectivity index (χ2n) is 5.67. The molecule has 0 bridgehead atoms. The van der Waals surface area contributed by atoms with Crippen LogP contribution in [0.2, 0.25) is 0 Å². The quantitative estimate of drug-likeness (QED) is 0.446. The number of furan rings is 1. The number of nitrogens with zero attached hydrogens (tertiary/aromatic N) is 1. The molecule has 28 heavy (non-hydrogen) atoms.